The highest BCUT2D eigenvalue weighted by atomic mass is 16.1. The van der Waals surface area contributed by atoms with Crippen molar-refractivity contribution in [2.24, 2.45) is 0 Å². The van der Waals surface area contributed by atoms with Crippen LogP contribution in [-0.2, 0) is 0 Å². The number of carbonyl (C=O) groups is 1. The van der Waals surface area contributed by atoms with E-state index in [0.717, 1.165) is 5.69 Å². The van der Waals surface area contributed by atoms with Gasteiger partial charge in [0, 0.05) is 24.5 Å². The van der Waals surface area contributed by atoms with Crippen LogP contribution >= 0.6 is 0 Å². The van der Waals surface area contributed by atoms with Gasteiger partial charge in [0.2, 0.25) is 0 Å². The Balaban J connectivity index is 2.14. The Kier molecular flexibility index (Phi) is 3.35. The molecule has 4 heteroatoms. The zero-order valence-electron chi connectivity index (χ0n) is 9.47. The normalized spacial score (nSPS) is 9.71. The zero-order valence-corrected chi connectivity index (χ0v) is 9.47. The molecule has 0 fully saturated rings. The van der Waals surface area contributed by atoms with Crippen molar-refractivity contribution >= 4 is 17.4 Å². The summed E-state index contributed by atoms with van der Waals surface area (Å²) < 4.78 is 0. The van der Waals surface area contributed by atoms with Crippen molar-refractivity contribution in [2.45, 2.75) is 0 Å². The van der Waals surface area contributed by atoms with Crippen LogP contribution in [0.1, 0.15) is 10.4 Å². The van der Waals surface area contributed by atoms with Gasteiger partial charge in [0.1, 0.15) is 5.82 Å². The summed E-state index contributed by atoms with van der Waals surface area (Å²) in [6.07, 6.45) is 1.64. The van der Waals surface area contributed by atoms with Gasteiger partial charge in [-0.05, 0) is 30.3 Å². The van der Waals surface area contributed by atoms with Crippen LogP contribution in [0, 0.1) is 0 Å². The van der Waals surface area contributed by atoms with E-state index < -0.39 is 0 Å². The number of nitrogens with one attached hydrogen (secondary N) is 2. The Labute approximate surface area is 99.7 Å². The van der Waals surface area contributed by atoms with E-state index in [-0.39, 0.29) is 5.91 Å². The first-order chi connectivity index (χ1) is 8.29. The summed E-state index contributed by atoms with van der Waals surface area (Å²) in [7, 11) is 1.82. The maximum absolute atomic E-state index is 11.9. The van der Waals surface area contributed by atoms with Crippen LogP contribution in [0.25, 0.3) is 0 Å². The number of anilines is 2. The highest BCUT2D eigenvalue weighted by Crippen LogP contribution is 2.11. The van der Waals surface area contributed by atoms with Crippen molar-refractivity contribution in [3.05, 3.63) is 54.2 Å². The molecule has 17 heavy (non-hydrogen) atoms. The van der Waals surface area contributed by atoms with Gasteiger partial charge in [0.15, 0.2) is 0 Å². The Hall–Kier alpha value is -2.36. The summed E-state index contributed by atoms with van der Waals surface area (Å²) in [6, 6.07) is 12.7. The highest BCUT2D eigenvalue weighted by Gasteiger charge is 2.06. The number of pyridine rings is 1. The summed E-state index contributed by atoms with van der Waals surface area (Å²) in [6.45, 7) is 0. The fraction of sp³-hybridized carbons (Fsp3) is 0.0769. The molecule has 2 aromatic rings. The van der Waals surface area contributed by atoms with Gasteiger partial charge < -0.3 is 10.6 Å². The number of nitrogens with zero attached hydrogens (tertiary/aromatic N) is 1. The fourth-order valence-electron chi connectivity index (χ4n) is 1.44. The first-order valence-electron chi connectivity index (χ1n) is 5.30. The van der Waals surface area contributed by atoms with E-state index in [2.05, 4.69) is 15.6 Å². The van der Waals surface area contributed by atoms with Gasteiger partial charge >= 0.3 is 0 Å². The number of carbonyl (C=O) groups excluding carboxylic acids is 1. The third-order valence-corrected chi connectivity index (χ3v) is 2.32. The fourth-order valence-corrected chi connectivity index (χ4v) is 1.44. The van der Waals surface area contributed by atoms with E-state index >= 15 is 0 Å². The molecule has 86 valence electrons. The van der Waals surface area contributed by atoms with E-state index in [1.807, 2.05) is 25.2 Å². The van der Waals surface area contributed by atoms with Crippen LogP contribution in [0.4, 0.5) is 11.5 Å². The summed E-state index contributed by atoms with van der Waals surface area (Å²) in [5, 5.41) is 5.72. The molecule has 2 rings (SSSR count). The predicted octanol–water partition coefficient (Wildman–Crippen LogP) is 2.38. The van der Waals surface area contributed by atoms with Gasteiger partial charge in [0.05, 0.1) is 0 Å². The molecule has 0 spiro atoms. The molecule has 4 nitrogen and oxygen atoms in total. The molecule has 0 aliphatic rings. The molecule has 0 unspecified atom stereocenters. The first kappa shape index (κ1) is 11.1. The van der Waals surface area contributed by atoms with Crippen molar-refractivity contribution in [2.75, 3.05) is 17.7 Å². The average molecular weight is 227 g/mol. The van der Waals surface area contributed by atoms with Crippen LogP contribution in [-0.4, -0.2) is 17.9 Å². The standard InChI is InChI=1S/C13H13N3O/c1-14-11-6-4-5-10(9-11)13(17)16-12-7-2-3-8-15-12/h2-9,14H,1H3,(H,15,16,17). The van der Waals surface area contributed by atoms with E-state index in [9.17, 15) is 4.79 Å². The molecular weight excluding hydrogens is 214 g/mol. The molecule has 0 bridgehead atoms. The molecule has 0 aliphatic heterocycles. The van der Waals surface area contributed by atoms with Crippen LogP contribution in [0.5, 0.6) is 0 Å². The lowest BCUT2D eigenvalue weighted by molar-refractivity contribution is 0.102. The first-order valence-corrected chi connectivity index (χ1v) is 5.30. The van der Waals surface area contributed by atoms with Crippen molar-refractivity contribution in [1.82, 2.24) is 4.98 Å². The molecule has 0 saturated heterocycles. The van der Waals surface area contributed by atoms with E-state index in [0.29, 0.717) is 11.4 Å². The van der Waals surface area contributed by atoms with Gasteiger partial charge in [-0.25, -0.2) is 4.98 Å². The van der Waals surface area contributed by atoms with Gasteiger partial charge in [-0.2, -0.15) is 0 Å². The molecule has 0 saturated carbocycles. The SMILES string of the molecule is CNc1cccc(C(=O)Nc2ccccn2)c1. The lowest BCUT2D eigenvalue weighted by atomic mass is 10.2. The van der Waals surface area contributed by atoms with Crippen molar-refractivity contribution in [3.8, 4) is 0 Å². The second-order valence-corrected chi connectivity index (χ2v) is 3.50. The molecule has 0 radical (unpaired) electrons. The number of aromatic nitrogens is 1. The van der Waals surface area contributed by atoms with Gasteiger partial charge in [-0.1, -0.05) is 12.1 Å². The number of amides is 1. The average Bonchev–Trinajstić information content (AvgIpc) is 2.40. The Bertz CT molecular complexity index is 511. The van der Waals surface area contributed by atoms with Crippen molar-refractivity contribution < 1.29 is 4.79 Å². The Morgan fingerprint density at radius 1 is 1.18 bits per heavy atom. The molecule has 2 N–H and O–H groups in total. The van der Waals surface area contributed by atoms with Gasteiger partial charge in [-0.15, -0.1) is 0 Å². The summed E-state index contributed by atoms with van der Waals surface area (Å²) in [4.78, 5) is 15.9. The largest absolute Gasteiger partial charge is 0.388 e. The number of benzene rings is 1. The number of hydrogen-bond acceptors (Lipinski definition) is 3. The molecule has 1 amide bonds. The van der Waals surface area contributed by atoms with Crippen LogP contribution in [0.15, 0.2) is 48.7 Å². The minimum Gasteiger partial charge on any atom is -0.388 e. The second kappa shape index (κ2) is 5.12. The van der Waals surface area contributed by atoms with Gasteiger partial charge in [-0.3, -0.25) is 4.79 Å². The zero-order chi connectivity index (χ0) is 12.1. The Morgan fingerprint density at radius 2 is 2.06 bits per heavy atom. The monoisotopic (exact) mass is 227 g/mol. The quantitative estimate of drug-likeness (QED) is 0.846. The van der Waals surface area contributed by atoms with Crippen molar-refractivity contribution in [1.29, 1.82) is 0 Å². The summed E-state index contributed by atoms with van der Waals surface area (Å²) >= 11 is 0. The molecule has 0 atom stereocenters. The number of rotatable bonds is 3. The molecule has 1 aromatic heterocycles. The minimum absolute atomic E-state index is 0.166. The minimum atomic E-state index is -0.166. The van der Waals surface area contributed by atoms with E-state index in [1.165, 1.54) is 0 Å². The molecule has 1 heterocycles. The number of hydrogen-bond donors (Lipinski definition) is 2. The van der Waals surface area contributed by atoms with E-state index in [1.54, 1.807) is 30.5 Å². The second-order valence-electron chi connectivity index (χ2n) is 3.50. The van der Waals surface area contributed by atoms with Gasteiger partial charge in [0.25, 0.3) is 5.91 Å². The van der Waals surface area contributed by atoms with Crippen LogP contribution in [0.3, 0.4) is 0 Å². The van der Waals surface area contributed by atoms with Crippen LogP contribution < -0.4 is 10.6 Å². The molecule has 1 aromatic carbocycles. The highest BCUT2D eigenvalue weighted by molar-refractivity contribution is 6.04. The maximum atomic E-state index is 11.9. The Morgan fingerprint density at radius 3 is 2.76 bits per heavy atom. The van der Waals surface area contributed by atoms with Crippen LogP contribution in [0.2, 0.25) is 0 Å². The lowest BCUT2D eigenvalue weighted by Crippen LogP contribution is -2.12. The van der Waals surface area contributed by atoms with Crippen molar-refractivity contribution in [3.63, 3.8) is 0 Å². The summed E-state index contributed by atoms with van der Waals surface area (Å²) in [5.74, 6) is 0.383. The smallest absolute Gasteiger partial charge is 0.256 e. The third kappa shape index (κ3) is 2.81. The topological polar surface area (TPSA) is 54.0 Å². The maximum Gasteiger partial charge on any atom is 0.256 e. The lowest BCUT2D eigenvalue weighted by Gasteiger charge is -2.05. The predicted molar refractivity (Wildman–Crippen MR) is 68.2 cm³/mol. The summed E-state index contributed by atoms with van der Waals surface area (Å²) in [5.41, 5.74) is 1.50. The van der Waals surface area contributed by atoms with E-state index in [4.69, 9.17) is 0 Å². The third-order valence-electron chi connectivity index (χ3n) is 2.32. The molecular formula is C13H13N3O. The molecule has 0 aliphatic carbocycles.